The molecule has 0 saturated heterocycles. The molecule has 5 nitrogen and oxygen atoms in total. The van der Waals surface area contributed by atoms with Crippen molar-refractivity contribution < 1.29 is 23.8 Å². The van der Waals surface area contributed by atoms with Crippen molar-refractivity contribution in [2.24, 2.45) is 0 Å². The van der Waals surface area contributed by atoms with E-state index in [0.29, 0.717) is 33.3 Å². The summed E-state index contributed by atoms with van der Waals surface area (Å²) in [6.07, 6.45) is 3.56. The fourth-order valence-corrected chi connectivity index (χ4v) is 3.18. The predicted molar refractivity (Wildman–Crippen MR) is 103 cm³/mol. The Morgan fingerprint density at radius 1 is 1.15 bits per heavy atom. The van der Waals surface area contributed by atoms with E-state index in [4.69, 9.17) is 32.4 Å². The van der Waals surface area contributed by atoms with Gasteiger partial charge >= 0.3 is 5.97 Å². The minimum Gasteiger partial charge on any atom is -0.507 e. The molecule has 0 fully saturated rings. The number of ether oxygens (including phenoxy) is 2. The maximum Gasteiger partial charge on any atom is 0.343 e. The van der Waals surface area contributed by atoms with E-state index in [-0.39, 0.29) is 12.4 Å². The molecule has 0 saturated carbocycles. The van der Waals surface area contributed by atoms with Crippen LogP contribution in [0.1, 0.15) is 11.1 Å². The van der Waals surface area contributed by atoms with Crippen LogP contribution in [0.15, 0.2) is 53.3 Å². The van der Waals surface area contributed by atoms with E-state index in [2.05, 4.69) is 4.74 Å². The Morgan fingerprint density at radius 3 is 2.52 bits per heavy atom. The number of halogens is 2. The molecule has 1 N–H and O–H groups in total. The zero-order chi connectivity index (χ0) is 19.4. The third kappa shape index (κ3) is 4.56. The first-order valence-electron chi connectivity index (χ1n) is 8.00. The molecule has 0 aliphatic heterocycles. The molecule has 0 radical (unpaired) electrons. The molecule has 140 valence electrons. The van der Waals surface area contributed by atoms with Gasteiger partial charge in [-0.3, -0.25) is 0 Å². The highest BCUT2D eigenvalue weighted by molar-refractivity contribution is 6.36. The highest BCUT2D eigenvalue weighted by atomic mass is 35.5. The van der Waals surface area contributed by atoms with Crippen molar-refractivity contribution in [2.45, 2.75) is 6.42 Å². The number of rotatable bonds is 6. The lowest BCUT2D eigenvalue weighted by atomic mass is 9.99. The summed E-state index contributed by atoms with van der Waals surface area (Å²) in [6, 6.07) is 10.2. The van der Waals surface area contributed by atoms with Crippen LogP contribution in [-0.4, -0.2) is 24.8 Å². The van der Waals surface area contributed by atoms with Crippen molar-refractivity contribution >= 4 is 29.2 Å². The van der Waals surface area contributed by atoms with Gasteiger partial charge in [0.1, 0.15) is 11.5 Å². The van der Waals surface area contributed by atoms with Crippen LogP contribution in [0.2, 0.25) is 10.0 Å². The van der Waals surface area contributed by atoms with Gasteiger partial charge < -0.3 is 19.0 Å². The van der Waals surface area contributed by atoms with Gasteiger partial charge in [0.2, 0.25) is 0 Å². The molecule has 0 unspecified atom stereocenters. The molecule has 0 aliphatic rings. The number of furan rings is 1. The standard InChI is InChI=1S/C20H16Cl2O5/c1-25-20(24)11-27-14-8-17(21)16(18(22)9-14)7-12-2-3-19(23)15(6-12)13-4-5-26-10-13/h2-6,8-10,23H,7,11H2,1H3. The van der Waals surface area contributed by atoms with Crippen molar-refractivity contribution in [3.8, 4) is 22.6 Å². The number of hydrogen-bond acceptors (Lipinski definition) is 5. The molecule has 1 heterocycles. The van der Waals surface area contributed by atoms with Crippen LogP contribution < -0.4 is 4.74 Å². The third-order valence-electron chi connectivity index (χ3n) is 3.97. The summed E-state index contributed by atoms with van der Waals surface area (Å²) in [7, 11) is 1.28. The molecule has 0 spiro atoms. The Bertz CT molecular complexity index is 928. The van der Waals surface area contributed by atoms with Gasteiger partial charge in [-0.2, -0.15) is 0 Å². The molecule has 3 aromatic rings. The Hall–Kier alpha value is -2.63. The van der Waals surface area contributed by atoms with Crippen LogP contribution in [-0.2, 0) is 16.0 Å². The number of hydrogen-bond donors (Lipinski definition) is 1. The lowest BCUT2D eigenvalue weighted by Crippen LogP contribution is -2.12. The van der Waals surface area contributed by atoms with E-state index in [9.17, 15) is 9.90 Å². The van der Waals surface area contributed by atoms with Crippen molar-refractivity contribution in [2.75, 3.05) is 13.7 Å². The number of phenols is 1. The number of benzene rings is 2. The summed E-state index contributed by atoms with van der Waals surface area (Å²) in [6.45, 7) is -0.228. The Labute approximate surface area is 166 Å². The van der Waals surface area contributed by atoms with Crippen LogP contribution >= 0.6 is 23.2 Å². The second kappa shape index (κ2) is 8.37. The van der Waals surface area contributed by atoms with E-state index in [0.717, 1.165) is 11.1 Å². The molecule has 1 aromatic heterocycles. The van der Waals surface area contributed by atoms with Gasteiger partial charge in [0.05, 0.1) is 19.6 Å². The summed E-state index contributed by atoms with van der Waals surface area (Å²) in [5.74, 6) is 0.0371. The van der Waals surface area contributed by atoms with Gasteiger partial charge in [-0.15, -0.1) is 0 Å². The zero-order valence-electron chi connectivity index (χ0n) is 14.4. The van der Waals surface area contributed by atoms with Gasteiger partial charge in [0.25, 0.3) is 0 Å². The molecular formula is C20H16Cl2O5. The molecule has 0 aliphatic carbocycles. The fraction of sp³-hybridized carbons (Fsp3) is 0.150. The predicted octanol–water partition coefficient (Wildman–Crippen LogP) is 5.10. The summed E-state index contributed by atoms with van der Waals surface area (Å²) in [5, 5.41) is 10.9. The van der Waals surface area contributed by atoms with Gasteiger partial charge in [-0.25, -0.2) is 4.79 Å². The topological polar surface area (TPSA) is 68.9 Å². The first-order valence-corrected chi connectivity index (χ1v) is 8.75. The molecule has 2 aromatic carbocycles. The number of phenolic OH excluding ortho intramolecular Hbond substituents is 1. The first kappa shape index (κ1) is 19.1. The Kier molecular flexibility index (Phi) is 5.94. The number of methoxy groups -OCH3 is 1. The molecule has 0 atom stereocenters. The number of esters is 1. The largest absolute Gasteiger partial charge is 0.507 e. The summed E-state index contributed by atoms with van der Waals surface area (Å²) in [5.41, 5.74) is 3.06. The van der Waals surface area contributed by atoms with Gasteiger partial charge in [-0.05, 0) is 41.5 Å². The molecule has 27 heavy (non-hydrogen) atoms. The van der Waals surface area contributed by atoms with E-state index in [1.54, 1.807) is 42.9 Å². The fourth-order valence-electron chi connectivity index (χ4n) is 2.58. The summed E-state index contributed by atoms with van der Waals surface area (Å²) < 4.78 is 14.9. The first-order chi connectivity index (χ1) is 13.0. The average molecular weight is 407 g/mol. The van der Waals surface area contributed by atoms with Crippen LogP contribution in [0.5, 0.6) is 11.5 Å². The van der Waals surface area contributed by atoms with Crippen LogP contribution in [0.25, 0.3) is 11.1 Å². The lowest BCUT2D eigenvalue weighted by molar-refractivity contribution is -0.142. The van der Waals surface area contributed by atoms with Gasteiger partial charge in [0.15, 0.2) is 6.61 Å². The third-order valence-corrected chi connectivity index (χ3v) is 4.65. The minimum absolute atomic E-state index is 0.156. The summed E-state index contributed by atoms with van der Waals surface area (Å²) >= 11 is 12.7. The number of carbonyl (C=O) groups excluding carboxylic acids is 1. The van der Waals surface area contributed by atoms with Gasteiger partial charge in [-0.1, -0.05) is 29.3 Å². The minimum atomic E-state index is -0.498. The van der Waals surface area contributed by atoms with Crippen LogP contribution in [0.4, 0.5) is 0 Å². The molecule has 0 bridgehead atoms. The maximum atomic E-state index is 11.2. The average Bonchev–Trinajstić information content (AvgIpc) is 3.18. The van der Waals surface area contributed by atoms with Crippen molar-refractivity contribution in [3.63, 3.8) is 0 Å². The highest BCUT2D eigenvalue weighted by Gasteiger charge is 2.13. The lowest BCUT2D eigenvalue weighted by Gasteiger charge is -2.12. The highest BCUT2D eigenvalue weighted by Crippen LogP contribution is 2.35. The second-order valence-electron chi connectivity index (χ2n) is 5.77. The van der Waals surface area contributed by atoms with Crippen LogP contribution in [0, 0.1) is 0 Å². The normalized spacial score (nSPS) is 10.6. The number of aromatic hydroxyl groups is 1. The monoisotopic (exact) mass is 406 g/mol. The van der Waals surface area contributed by atoms with Crippen molar-refractivity contribution in [1.29, 1.82) is 0 Å². The van der Waals surface area contributed by atoms with Gasteiger partial charge in [0, 0.05) is 27.6 Å². The zero-order valence-corrected chi connectivity index (χ0v) is 15.9. The molecule has 7 heteroatoms. The number of carbonyl (C=O) groups is 1. The summed E-state index contributed by atoms with van der Waals surface area (Å²) in [4.78, 5) is 11.2. The van der Waals surface area contributed by atoms with E-state index < -0.39 is 5.97 Å². The van der Waals surface area contributed by atoms with Crippen molar-refractivity contribution in [1.82, 2.24) is 0 Å². The molecule has 3 rings (SSSR count). The Morgan fingerprint density at radius 2 is 1.89 bits per heavy atom. The maximum absolute atomic E-state index is 11.2. The van der Waals surface area contributed by atoms with Crippen molar-refractivity contribution in [3.05, 3.63) is 70.1 Å². The molecular weight excluding hydrogens is 391 g/mol. The quantitative estimate of drug-likeness (QED) is 0.576. The second-order valence-corrected chi connectivity index (χ2v) is 6.58. The van der Waals surface area contributed by atoms with E-state index >= 15 is 0 Å². The van der Waals surface area contributed by atoms with E-state index in [1.165, 1.54) is 7.11 Å². The SMILES string of the molecule is COC(=O)COc1cc(Cl)c(Cc2ccc(O)c(-c3ccoc3)c2)c(Cl)c1. The molecule has 0 amide bonds. The Balaban J connectivity index is 1.83. The smallest absolute Gasteiger partial charge is 0.343 e. The van der Waals surface area contributed by atoms with Crippen LogP contribution in [0.3, 0.4) is 0 Å². The van der Waals surface area contributed by atoms with E-state index in [1.807, 2.05) is 6.07 Å².